The van der Waals surface area contributed by atoms with Gasteiger partial charge in [0.05, 0.1) is 5.69 Å². The number of amides is 2. The number of hydrogen-bond donors (Lipinski definition) is 3. The SMILES string of the molecule is N#Cc1c(F)cccc1NC(=O)NC(C(=O)O)C1CC1. The summed E-state index contributed by atoms with van der Waals surface area (Å²) in [4.78, 5) is 22.7. The molecule has 0 heterocycles. The first-order valence-corrected chi connectivity index (χ1v) is 6.02. The van der Waals surface area contributed by atoms with Crippen LogP contribution in [0.25, 0.3) is 0 Å². The molecular formula is C13H12FN3O3. The summed E-state index contributed by atoms with van der Waals surface area (Å²) in [6.07, 6.45) is 1.50. The van der Waals surface area contributed by atoms with Gasteiger partial charge in [-0.25, -0.2) is 14.0 Å². The fraction of sp³-hybridized carbons (Fsp3) is 0.308. The summed E-state index contributed by atoms with van der Waals surface area (Å²) < 4.78 is 13.3. The molecule has 1 fully saturated rings. The zero-order valence-corrected chi connectivity index (χ0v) is 10.4. The van der Waals surface area contributed by atoms with E-state index in [4.69, 9.17) is 10.4 Å². The minimum atomic E-state index is -1.11. The first kappa shape index (κ1) is 13.8. The quantitative estimate of drug-likeness (QED) is 0.779. The third-order valence-corrected chi connectivity index (χ3v) is 3.02. The number of urea groups is 1. The molecule has 2 amide bonds. The average molecular weight is 277 g/mol. The number of carboxylic acids is 1. The number of nitrogens with zero attached hydrogens (tertiary/aromatic N) is 1. The van der Waals surface area contributed by atoms with Crippen molar-refractivity contribution >= 4 is 17.7 Å². The van der Waals surface area contributed by atoms with Gasteiger partial charge in [0.2, 0.25) is 0 Å². The monoisotopic (exact) mass is 277 g/mol. The van der Waals surface area contributed by atoms with Gasteiger partial charge in [-0.3, -0.25) is 0 Å². The van der Waals surface area contributed by atoms with Gasteiger partial charge in [0.15, 0.2) is 0 Å². The Morgan fingerprint density at radius 2 is 2.15 bits per heavy atom. The molecule has 1 unspecified atom stereocenters. The zero-order chi connectivity index (χ0) is 14.7. The number of carboxylic acid groups (broad SMARTS) is 1. The van der Waals surface area contributed by atoms with Crippen molar-refractivity contribution in [3.05, 3.63) is 29.6 Å². The van der Waals surface area contributed by atoms with E-state index in [1.807, 2.05) is 0 Å². The van der Waals surface area contributed by atoms with Crippen molar-refractivity contribution in [2.24, 2.45) is 5.92 Å². The van der Waals surface area contributed by atoms with Crippen LogP contribution in [0.5, 0.6) is 0 Å². The number of halogens is 1. The fourth-order valence-corrected chi connectivity index (χ4v) is 1.85. The number of anilines is 1. The van der Waals surface area contributed by atoms with E-state index in [9.17, 15) is 14.0 Å². The third kappa shape index (κ3) is 3.03. The molecule has 6 nitrogen and oxygen atoms in total. The van der Waals surface area contributed by atoms with Crippen molar-refractivity contribution in [3.63, 3.8) is 0 Å². The van der Waals surface area contributed by atoms with E-state index < -0.39 is 23.9 Å². The highest BCUT2D eigenvalue weighted by Gasteiger charge is 2.37. The first-order chi connectivity index (χ1) is 9.52. The van der Waals surface area contributed by atoms with Crippen LogP contribution in [0.2, 0.25) is 0 Å². The lowest BCUT2D eigenvalue weighted by molar-refractivity contribution is -0.139. The Bertz CT molecular complexity index is 593. The molecule has 0 bridgehead atoms. The Morgan fingerprint density at radius 3 is 2.70 bits per heavy atom. The summed E-state index contributed by atoms with van der Waals surface area (Å²) in [7, 11) is 0. The van der Waals surface area contributed by atoms with Gasteiger partial charge in [0.25, 0.3) is 0 Å². The van der Waals surface area contributed by atoms with Crippen LogP contribution in [0.15, 0.2) is 18.2 Å². The van der Waals surface area contributed by atoms with E-state index in [0.29, 0.717) is 0 Å². The molecule has 0 radical (unpaired) electrons. The van der Waals surface area contributed by atoms with Crippen LogP contribution in [0.1, 0.15) is 18.4 Å². The van der Waals surface area contributed by atoms with Gasteiger partial charge in [-0.1, -0.05) is 6.07 Å². The molecule has 104 valence electrons. The number of hydrogen-bond acceptors (Lipinski definition) is 3. The summed E-state index contributed by atoms with van der Waals surface area (Å²) in [6, 6.07) is 3.73. The summed E-state index contributed by atoms with van der Waals surface area (Å²) in [5, 5.41) is 22.4. The highest BCUT2D eigenvalue weighted by Crippen LogP contribution is 2.32. The Morgan fingerprint density at radius 1 is 1.45 bits per heavy atom. The molecule has 1 aromatic carbocycles. The molecule has 1 aromatic rings. The minimum Gasteiger partial charge on any atom is -0.480 e. The largest absolute Gasteiger partial charge is 0.480 e. The molecule has 7 heteroatoms. The molecule has 20 heavy (non-hydrogen) atoms. The topological polar surface area (TPSA) is 102 Å². The lowest BCUT2D eigenvalue weighted by Gasteiger charge is -2.14. The normalized spacial score (nSPS) is 15.0. The highest BCUT2D eigenvalue weighted by atomic mass is 19.1. The first-order valence-electron chi connectivity index (χ1n) is 6.02. The number of aliphatic carboxylic acids is 1. The molecule has 0 aromatic heterocycles. The van der Waals surface area contributed by atoms with Crippen LogP contribution in [-0.2, 0) is 4.79 Å². The number of carbonyl (C=O) groups is 2. The second kappa shape index (κ2) is 5.57. The summed E-state index contributed by atoms with van der Waals surface area (Å²) >= 11 is 0. The van der Waals surface area contributed by atoms with Crippen LogP contribution in [0.4, 0.5) is 14.9 Å². The molecule has 0 saturated heterocycles. The van der Waals surface area contributed by atoms with Gasteiger partial charge in [-0.05, 0) is 30.9 Å². The summed E-state index contributed by atoms with van der Waals surface area (Å²) in [5.74, 6) is -1.93. The third-order valence-electron chi connectivity index (χ3n) is 3.02. The molecule has 1 aliphatic carbocycles. The second-order valence-electron chi connectivity index (χ2n) is 4.53. The molecule has 3 N–H and O–H groups in total. The van der Waals surface area contributed by atoms with Crippen molar-refractivity contribution in [3.8, 4) is 6.07 Å². The van der Waals surface area contributed by atoms with Crippen LogP contribution in [-0.4, -0.2) is 23.1 Å². The van der Waals surface area contributed by atoms with Crippen molar-refractivity contribution in [2.45, 2.75) is 18.9 Å². The number of nitriles is 1. The Balaban J connectivity index is 2.07. The number of nitrogens with one attached hydrogen (secondary N) is 2. The van der Waals surface area contributed by atoms with Crippen LogP contribution in [0.3, 0.4) is 0 Å². The number of carbonyl (C=O) groups excluding carboxylic acids is 1. The fourth-order valence-electron chi connectivity index (χ4n) is 1.85. The maximum atomic E-state index is 13.3. The predicted molar refractivity (Wildman–Crippen MR) is 67.4 cm³/mol. The molecule has 1 aliphatic rings. The number of rotatable bonds is 4. The van der Waals surface area contributed by atoms with Gasteiger partial charge in [-0.2, -0.15) is 5.26 Å². The molecule has 1 atom stereocenters. The van der Waals surface area contributed by atoms with Crippen LogP contribution >= 0.6 is 0 Å². The summed E-state index contributed by atoms with van der Waals surface area (Å²) in [6.45, 7) is 0. The van der Waals surface area contributed by atoms with E-state index in [0.717, 1.165) is 18.9 Å². The lowest BCUT2D eigenvalue weighted by Crippen LogP contribution is -2.44. The van der Waals surface area contributed by atoms with Gasteiger partial charge in [0, 0.05) is 0 Å². The predicted octanol–water partition coefficient (Wildman–Crippen LogP) is 1.68. The minimum absolute atomic E-state index is 0.00457. The van der Waals surface area contributed by atoms with E-state index in [-0.39, 0.29) is 17.2 Å². The Labute approximate surface area is 114 Å². The van der Waals surface area contributed by atoms with E-state index in [1.54, 1.807) is 6.07 Å². The Kier molecular flexibility index (Phi) is 3.84. The summed E-state index contributed by atoms with van der Waals surface area (Å²) in [5.41, 5.74) is -0.286. The van der Waals surface area contributed by atoms with Crippen molar-refractivity contribution in [1.82, 2.24) is 5.32 Å². The van der Waals surface area contributed by atoms with Crippen molar-refractivity contribution < 1.29 is 19.1 Å². The van der Waals surface area contributed by atoms with Gasteiger partial charge in [-0.15, -0.1) is 0 Å². The smallest absolute Gasteiger partial charge is 0.326 e. The molecular weight excluding hydrogens is 265 g/mol. The van der Waals surface area contributed by atoms with Gasteiger partial charge in [0.1, 0.15) is 23.5 Å². The number of benzene rings is 1. The maximum Gasteiger partial charge on any atom is 0.326 e. The van der Waals surface area contributed by atoms with E-state index in [2.05, 4.69) is 10.6 Å². The second-order valence-corrected chi connectivity index (χ2v) is 4.53. The van der Waals surface area contributed by atoms with Gasteiger partial charge < -0.3 is 15.7 Å². The van der Waals surface area contributed by atoms with Crippen molar-refractivity contribution in [1.29, 1.82) is 5.26 Å². The van der Waals surface area contributed by atoms with Gasteiger partial charge >= 0.3 is 12.0 Å². The maximum absolute atomic E-state index is 13.3. The lowest BCUT2D eigenvalue weighted by atomic mass is 10.2. The van der Waals surface area contributed by atoms with Crippen molar-refractivity contribution in [2.75, 3.05) is 5.32 Å². The van der Waals surface area contributed by atoms with E-state index in [1.165, 1.54) is 12.1 Å². The van der Waals surface area contributed by atoms with E-state index >= 15 is 0 Å². The van der Waals surface area contributed by atoms with Crippen LogP contribution in [0, 0.1) is 23.1 Å². The standard InChI is InChI=1S/C13H12FN3O3/c14-9-2-1-3-10(8(9)6-15)16-13(20)17-11(12(18)19)7-4-5-7/h1-3,7,11H,4-5H2,(H,18,19)(H2,16,17,20). The zero-order valence-electron chi connectivity index (χ0n) is 10.4. The van der Waals surface area contributed by atoms with Crippen LogP contribution < -0.4 is 10.6 Å². The molecule has 1 saturated carbocycles. The average Bonchev–Trinajstić information content (AvgIpc) is 3.20. The molecule has 2 rings (SSSR count). The molecule has 0 aliphatic heterocycles. The molecule has 0 spiro atoms. The highest BCUT2D eigenvalue weighted by molar-refractivity contribution is 5.93. The Hall–Kier alpha value is -2.62.